The van der Waals surface area contributed by atoms with Gasteiger partial charge in [0.2, 0.25) is 0 Å². The quantitative estimate of drug-likeness (QED) is 0.620. The standard InChI is InChI=1S/C14H23N3OS/c1-16(2)14(17(3)4)15-10-12-6-8-13(9-7-12)11-19(5)18/h6-9H,10-11H2,1-5H3. The molecular weight excluding hydrogens is 258 g/mol. The van der Waals surface area contributed by atoms with E-state index in [2.05, 4.69) is 17.1 Å². The fourth-order valence-corrected chi connectivity index (χ4v) is 2.48. The predicted molar refractivity (Wildman–Crippen MR) is 82.7 cm³/mol. The van der Waals surface area contributed by atoms with Crippen LogP contribution < -0.4 is 0 Å². The summed E-state index contributed by atoms with van der Waals surface area (Å²) in [4.78, 5) is 8.58. The van der Waals surface area contributed by atoms with E-state index in [-0.39, 0.29) is 0 Å². The second-order valence-electron chi connectivity index (χ2n) is 4.94. The molecule has 5 heteroatoms. The van der Waals surface area contributed by atoms with Crippen molar-refractivity contribution < 1.29 is 4.21 Å². The summed E-state index contributed by atoms with van der Waals surface area (Å²) in [5.41, 5.74) is 2.26. The molecule has 0 aliphatic carbocycles. The molecule has 0 amide bonds. The molecule has 0 aliphatic rings. The molecule has 0 spiro atoms. The molecule has 0 radical (unpaired) electrons. The molecule has 4 nitrogen and oxygen atoms in total. The average molecular weight is 281 g/mol. The lowest BCUT2D eigenvalue weighted by molar-refractivity contribution is 0.479. The Morgan fingerprint density at radius 1 is 1.05 bits per heavy atom. The van der Waals surface area contributed by atoms with Gasteiger partial charge in [-0.25, -0.2) is 4.99 Å². The highest BCUT2D eigenvalue weighted by molar-refractivity contribution is 7.83. The number of hydrogen-bond acceptors (Lipinski definition) is 2. The number of aliphatic imine (C=N–C) groups is 1. The van der Waals surface area contributed by atoms with Crippen LogP contribution in [0.5, 0.6) is 0 Å². The van der Waals surface area contributed by atoms with Crippen LogP contribution >= 0.6 is 0 Å². The molecule has 1 atom stereocenters. The Bertz CT molecular complexity index is 442. The van der Waals surface area contributed by atoms with Gasteiger partial charge in [-0.15, -0.1) is 0 Å². The van der Waals surface area contributed by atoms with Crippen molar-refractivity contribution >= 4 is 16.8 Å². The van der Waals surface area contributed by atoms with Gasteiger partial charge in [-0.05, 0) is 11.1 Å². The molecule has 0 aliphatic heterocycles. The van der Waals surface area contributed by atoms with Crippen LogP contribution in [-0.2, 0) is 23.1 Å². The van der Waals surface area contributed by atoms with Crippen LogP contribution in [0.2, 0.25) is 0 Å². The van der Waals surface area contributed by atoms with Gasteiger partial charge in [-0.2, -0.15) is 0 Å². The van der Waals surface area contributed by atoms with Crippen LogP contribution in [0.15, 0.2) is 29.3 Å². The lowest BCUT2D eigenvalue weighted by atomic mass is 10.1. The molecule has 1 aromatic rings. The molecule has 1 unspecified atom stereocenters. The van der Waals surface area contributed by atoms with Crippen molar-refractivity contribution in [3.8, 4) is 0 Å². The molecular formula is C14H23N3OS. The van der Waals surface area contributed by atoms with Crippen molar-refractivity contribution in [1.82, 2.24) is 9.80 Å². The van der Waals surface area contributed by atoms with Gasteiger partial charge in [-0.3, -0.25) is 4.21 Å². The van der Waals surface area contributed by atoms with E-state index in [9.17, 15) is 4.21 Å². The van der Waals surface area contributed by atoms with E-state index in [0.29, 0.717) is 12.3 Å². The molecule has 0 heterocycles. The summed E-state index contributed by atoms with van der Waals surface area (Å²) in [6.07, 6.45) is 1.72. The number of hydrogen-bond donors (Lipinski definition) is 0. The van der Waals surface area contributed by atoms with Crippen LogP contribution in [0.4, 0.5) is 0 Å². The van der Waals surface area contributed by atoms with Gasteiger partial charge in [0.25, 0.3) is 0 Å². The maximum Gasteiger partial charge on any atom is 0.195 e. The summed E-state index contributed by atoms with van der Waals surface area (Å²) in [5.74, 6) is 1.56. The third-order valence-electron chi connectivity index (χ3n) is 2.60. The van der Waals surface area contributed by atoms with Gasteiger partial charge in [0.1, 0.15) is 0 Å². The monoisotopic (exact) mass is 281 g/mol. The van der Waals surface area contributed by atoms with Gasteiger partial charge < -0.3 is 9.80 Å². The Morgan fingerprint density at radius 3 is 1.95 bits per heavy atom. The maximum absolute atomic E-state index is 11.1. The van der Waals surface area contributed by atoms with Gasteiger partial charge >= 0.3 is 0 Å². The first kappa shape index (κ1) is 15.7. The van der Waals surface area contributed by atoms with Crippen molar-refractivity contribution in [2.45, 2.75) is 12.3 Å². The minimum atomic E-state index is -0.787. The minimum absolute atomic E-state index is 0.615. The highest BCUT2D eigenvalue weighted by Gasteiger charge is 2.03. The summed E-state index contributed by atoms with van der Waals surface area (Å²) in [6.45, 7) is 0.654. The van der Waals surface area contributed by atoms with Crippen LogP contribution in [-0.4, -0.2) is 54.4 Å². The molecule has 1 aromatic carbocycles. The normalized spacial score (nSPS) is 11.8. The Balaban J connectivity index is 2.72. The second kappa shape index (κ2) is 7.28. The fraction of sp³-hybridized carbons (Fsp3) is 0.500. The molecule has 19 heavy (non-hydrogen) atoms. The molecule has 0 saturated heterocycles. The number of rotatable bonds is 4. The second-order valence-corrected chi connectivity index (χ2v) is 6.37. The van der Waals surface area contributed by atoms with E-state index >= 15 is 0 Å². The Hall–Kier alpha value is -1.36. The SMILES string of the molecule is CN(C)C(=NCc1ccc(CS(C)=O)cc1)N(C)C. The van der Waals surface area contributed by atoms with Crippen molar-refractivity contribution in [3.63, 3.8) is 0 Å². The highest BCUT2D eigenvalue weighted by atomic mass is 32.2. The summed E-state index contributed by atoms with van der Waals surface area (Å²) < 4.78 is 11.1. The Morgan fingerprint density at radius 2 is 1.53 bits per heavy atom. The summed E-state index contributed by atoms with van der Waals surface area (Å²) in [5, 5.41) is 0. The lowest BCUT2D eigenvalue weighted by Crippen LogP contribution is -2.35. The first-order chi connectivity index (χ1) is 8.90. The first-order valence-corrected chi connectivity index (χ1v) is 7.90. The molecule has 1 rings (SSSR count). The molecule has 0 fully saturated rings. The Kier molecular flexibility index (Phi) is 6.02. The van der Waals surface area contributed by atoms with Crippen LogP contribution in [0, 0.1) is 0 Å². The summed E-state index contributed by atoms with van der Waals surface area (Å²) >= 11 is 0. The smallest absolute Gasteiger partial charge is 0.195 e. The maximum atomic E-state index is 11.1. The Labute approximate surface area is 118 Å². The van der Waals surface area contributed by atoms with Crippen molar-refractivity contribution in [2.75, 3.05) is 34.4 Å². The summed E-state index contributed by atoms with van der Waals surface area (Å²) in [7, 11) is 7.15. The van der Waals surface area contributed by atoms with Gasteiger partial charge in [-0.1, -0.05) is 24.3 Å². The minimum Gasteiger partial charge on any atom is -0.349 e. The zero-order chi connectivity index (χ0) is 14.4. The number of benzene rings is 1. The van der Waals surface area contributed by atoms with Crippen molar-refractivity contribution in [3.05, 3.63) is 35.4 Å². The molecule has 0 bridgehead atoms. The third kappa shape index (κ3) is 5.42. The van der Waals surface area contributed by atoms with E-state index in [0.717, 1.165) is 17.1 Å². The number of guanidine groups is 1. The summed E-state index contributed by atoms with van der Waals surface area (Å²) in [6, 6.07) is 8.15. The molecule has 0 saturated carbocycles. The van der Waals surface area contributed by atoms with Crippen LogP contribution in [0.3, 0.4) is 0 Å². The van der Waals surface area contributed by atoms with Gasteiger partial charge in [0.05, 0.1) is 6.54 Å². The molecule has 0 N–H and O–H groups in total. The van der Waals surface area contributed by atoms with E-state index < -0.39 is 10.8 Å². The fourth-order valence-electron chi connectivity index (χ4n) is 1.82. The average Bonchev–Trinajstić information content (AvgIpc) is 2.29. The zero-order valence-electron chi connectivity index (χ0n) is 12.4. The van der Waals surface area contributed by atoms with Crippen molar-refractivity contribution in [2.24, 2.45) is 4.99 Å². The first-order valence-electron chi connectivity index (χ1n) is 6.17. The van der Waals surface area contributed by atoms with Gasteiger partial charge in [0, 0.05) is 51.0 Å². The molecule has 106 valence electrons. The van der Waals surface area contributed by atoms with E-state index in [1.165, 1.54) is 0 Å². The van der Waals surface area contributed by atoms with Crippen LogP contribution in [0.1, 0.15) is 11.1 Å². The molecule has 0 aromatic heterocycles. The largest absolute Gasteiger partial charge is 0.349 e. The third-order valence-corrected chi connectivity index (χ3v) is 3.34. The lowest BCUT2D eigenvalue weighted by Gasteiger charge is -2.22. The predicted octanol–water partition coefficient (Wildman–Crippen LogP) is 1.54. The zero-order valence-corrected chi connectivity index (χ0v) is 13.2. The van der Waals surface area contributed by atoms with Gasteiger partial charge in [0.15, 0.2) is 5.96 Å². The van der Waals surface area contributed by atoms with E-state index in [1.54, 1.807) is 6.26 Å². The topological polar surface area (TPSA) is 35.9 Å². The van der Waals surface area contributed by atoms with E-state index in [4.69, 9.17) is 0 Å². The van der Waals surface area contributed by atoms with Crippen LogP contribution in [0.25, 0.3) is 0 Å². The van der Waals surface area contributed by atoms with E-state index in [1.807, 2.05) is 50.1 Å². The van der Waals surface area contributed by atoms with Crippen molar-refractivity contribution in [1.29, 1.82) is 0 Å². The number of nitrogens with zero attached hydrogens (tertiary/aromatic N) is 3. The highest BCUT2D eigenvalue weighted by Crippen LogP contribution is 2.08.